The van der Waals surface area contributed by atoms with Gasteiger partial charge in [-0.25, -0.2) is 4.39 Å². The number of hydrogen-bond donors (Lipinski definition) is 2. The van der Waals surface area contributed by atoms with Crippen molar-refractivity contribution in [2.24, 2.45) is 5.92 Å². The predicted molar refractivity (Wildman–Crippen MR) is 107 cm³/mol. The lowest BCUT2D eigenvalue weighted by atomic mass is 9.74. The molecule has 0 saturated heterocycles. The summed E-state index contributed by atoms with van der Waals surface area (Å²) in [5.41, 5.74) is 2.11. The van der Waals surface area contributed by atoms with Crippen LogP contribution in [-0.4, -0.2) is 23.6 Å². The maximum Gasteiger partial charge on any atom is 0.258 e. The van der Waals surface area contributed by atoms with Crippen molar-refractivity contribution >= 4 is 28.4 Å². The molecule has 0 fully saturated rings. The lowest BCUT2D eigenvalue weighted by Crippen LogP contribution is -2.51. The fourth-order valence-corrected chi connectivity index (χ4v) is 4.48. The van der Waals surface area contributed by atoms with Gasteiger partial charge in [0.2, 0.25) is 0 Å². The summed E-state index contributed by atoms with van der Waals surface area (Å²) < 4.78 is 16.1. The Kier molecular flexibility index (Phi) is 4.68. The van der Waals surface area contributed by atoms with Crippen LogP contribution in [0, 0.1) is 5.92 Å². The molecule has 0 bridgehead atoms. The topological polar surface area (TPSA) is 44.9 Å². The minimum atomic E-state index is -1.94. The zero-order valence-electron chi connectivity index (χ0n) is 15.2. The third-order valence-electron chi connectivity index (χ3n) is 5.71. The van der Waals surface area contributed by atoms with Gasteiger partial charge in [-0.2, -0.15) is 0 Å². The minimum absolute atomic E-state index is 0.0829. The fourth-order valence-electron chi connectivity index (χ4n) is 4.30. The molecule has 5 heteroatoms. The minimum Gasteiger partial charge on any atom is -0.358 e. The number of aryl methyl sites for hydroxylation is 1. The van der Waals surface area contributed by atoms with Gasteiger partial charge in [0, 0.05) is 41.0 Å². The van der Waals surface area contributed by atoms with Gasteiger partial charge in [-0.15, -0.1) is 0 Å². The number of rotatable bonds is 4. The van der Waals surface area contributed by atoms with Crippen LogP contribution in [0.3, 0.4) is 0 Å². The number of benzene rings is 2. The number of aromatic amines is 1. The molecule has 0 aliphatic heterocycles. The smallest absolute Gasteiger partial charge is 0.258 e. The van der Waals surface area contributed by atoms with Crippen LogP contribution in [0.4, 0.5) is 4.39 Å². The van der Waals surface area contributed by atoms with E-state index in [0.717, 1.165) is 28.6 Å². The second kappa shape index (κ2) is 7.01. The average Bonchev–Trinajstić information content (AvgIpc) is 3.05. The van der Waals surface area contributed by atoms with Gasteiger partial charge < -0.3 is 10.3 Å². The SMILES string of the molecule is CNC(=O)C(F)(Cc1ccccc1)C1CCc2c([nH]c3ccc(Cl)cc23)C1. The van der Waals surface area contributed by atoms with Crippen LogP contribution in [-0.2, 0) is 24.1 Å². The summed E-state index contributed by atoms with van der Waals surface area (Å²) in [5, 5.41) is 4.34. The Hall–Kier alpha value is -2.33. The Bertz CT molecular complexity index is 985. The van der Waals surface area contributed by atoms with Gasteiger partial charge in [0.15, 0.2) is 5.67 Å². The van der Waals surface area contributed by atoms with Crippen molar-refractivity contribution < 1.29 is 9.18 Å². The van der Waals surface area contributed by atoms with Crippen molar-refractivity contribution in [2.45, 2.75) is 31.4 Å². The first kappa shape index (κ1) is 18.1. The van der Waals surface area contributed by atoms with Crippen LogP contribution >= 0.6 is 11.6 Å². The summed E-state index contributed by atoms with van der Waals surface area (Å²) in [7, 11) is 1.50. The number of aromatic nitrogens is 1. The van der Waals surface area contributed by atoms with Gasteiger partial charge in [0.25, 0.3) is 5.91 Å². The van der Waals surface area contributed by atoms with E-state index >= 15 is 4.39 Å². The summed E-state index contributed by atoms with van der Waals surface area (Å²) in [6.07, 6.45) is 1.96. The molecule has 3 aromatic rings. The molecule has 1 aliphatic carbocycles. The number of H-pyrrole nitrogens is 1. The lowest BCUT2D eigenvalue weighted by Gasteiger charge is -2.35. The molecule has 0 saturated carbocycles. The first-order chi connectivity index (χ1) is 13.0. The standard InChI is InChI=1S/C22H22ClFN2O/c1-25-21(27)22(24,13-14-5-3-2-4-6-14)15-7-9-17-18-12-16(23)8-10-19(18)26-20(17)11-15/h2-6,8,10,12,15,26H,7,9,11,13H2,1H3,(H,25,27). The highest BCUT2D eigenvalue weighted by Gasteiger charge is 2.47. The molecule has 0 spiro atoms. The third-order valence-corrected chi connectivity index (χ3v) is 5.94. The molecule has 2 N–H and O–H groups in total. The van der Waals surface area contributed by atoms with E-state index < -0.39 is 11.6 Å². The fraction of sp³-hybridized carbons (Fsp3) is 0.318. The van der Waals surface area contributed by atoms with E-state index in [9.17, 15) is 4.79 Å². The molecule has 2 unspecified atom stereocenters. The first-order valence-corrected chi connectivity index (χ1v) is 9.63. The summed E-state index contributed by atoms with van der Waals surface area (Å²) in [6.45, 7) is 0. The number of hydrogen-bond acceptors (Lipinski definition) is 1. The zero-order valence-corrected chi connectivity index (χ0v) is 15.9. The van der Waals surface area contributed by atoms with E-state index in [4.69, 9.17) is 11.6 Å². The van der Waals surface area contributed by atoms with Crippen molar-refractivity contribution in [3.63, 3.8) is 0 Å². The zero-order chi connectivity index (χ0) is 19.0. The highest BCUT2D eigenvalue weighted by Crippen LogP contribution is 2.40. The van der Waals surface area contributed by atoms with Crippen LogP contribution in [0.15, 0.2) is 48.5 Å². The van der Waals surface area contributed by atoms with Crippen molar-refractivity contribution in [3.05, 3.63) is 70.4 Å². The summed E-state index contributed by atoms with van der Waals surface area (Å²) in [6, 6.07) is 15.1. The van der Waals surface area contributed by atoms with Gasteiger partial charge >= 0.3 is 0 Å². The Balaban J connectivity index is 1.68. The quantitative estimate of drug-likeness (QED) is 0.677. The second-order valence-electron chi connectivity index (χ2n) is 7.32. The molecule has 1 aromatic heterocycles. The monoisotopic (exact) mass is 384 g/mol. The van der Waals surface area contributed by atoms with Crippen molar-refractivity contribution in [1.82, 2.24) is 10.3 Å². The lowest BCUT2D eigenvalue weighted by molar-refractivity contribution is -0.136. The Labute approximate surface area is 162 Å². The Morgan fingerprint density at radius 2 is 2.07 bits per heavy atom. The normalized spacial score (nSPS) is 18.7. The number of fused-ring (bicyclic) bond motifs is 3. The second-order valence-corrected chi connectivity index (χ2v) is 7.75. The maximum absolute atomic E-state index is 16.1. The number of amides is 1. The Morgan fingerprint density at radius 3 is 2.81 bits per heavy atom. The number of halogens is 2. The first-order valence-electron chi connectivity index (χ1n) is 9.25. The Morgan fingerprint density at radius 1 is 1.30 bits per heavy atom. The van der Waals surface area contributed by atoms with Crippen LogP contribution < -0.4 is 5.32 Å². The van der Waals surface area contributed by atoms with Gasteiger partial charge in [0.1, 0.15) is 0 Å². The van der Waals surface area contributed by atoms with Crippen LogP contribution in [0.25, 0.3) is 10.9 Å². The molecule has 140 valence electrons. The molecule has 1 amide bonds. The van der Waals surface area contributed by atoms with Gasteiger partial charge in [-0.3, -0.25) is 4.79 Å². The summed E-state index contributed by atoms with van der Waals surface area (Å²) in [4.78, 5) is 16.0. The van der Waals surface area contributed by atoms with Crippen LogP contribution in [0.5, 0.6) is 0 Å². The summed E-state index contributed by atoms with van der Waals surface area (Å²) >= 11 is 6.14. The predicted octanol–water partition coefficient (Wildman–Crippen LogP) is 4.62. The molecule has 1 heterocycles. The van der Waals surface area contributed by atoms with Crippen LogP contribution in [0.1, 0.15) is 23.2 Å². The van der Waals surface area contributed by atoms with Gasteiger partial charge in [-0.05, 0) is 48.6 Å². The number of alkyl halides is 1. The molecule has 4 rings (SSSR count). The van der Waals surface area contributed by atoms with Crippen molar-refractivity contribution in [2.75, 3.05) is 7.05 Å². The number of nitrogens with one attached hydrogen (secondary N) is 2. The molecular weight excluding hydrogens is 363 g/mol. The molecule has 0 radical (unpaired) electrons. The van der Waals surface area contributed by atoms with E-state index in [2.05, 4.69) is 10.3 Å². The highest BCUT2D eigenvalue weighted by molar-refractivity contribution is 6.31. The van der Waals surface area contributed by atoms with Crippen molar-refractivity contribution in [1.29, 1.82) is 0 Å². The molecule has 1 aliphatic rings. The highest BCUT2D eigenvalue weighted by atomic mass is 35.5. The maximum atomic E-state index is 16.1. The molecule has 27 heavy (non-hydrogen) atoms. The van der Waals surface area contributed by atoms with Gasteiger partial charge in [0.05, 0.1) is 0 Å². The number of carbonyl (C=O) groups is 1. The van der Waals surface area contributed by atoms with Crippen molar-refractivity contribution in [3.8, 4) is 0 Å². The van der Waals surface area contributed by atoms with E-state index in [0.29, 0.717) is 17.9 Å². The summed E-state index contributed by atoms with van der Waals surface area (Å²) in [5.74, 6) is -0.923. The van der Waals surface area contributed by atoms with E-state index in [1.807, 2.05) is 48.5 Å². The van der Waals surface area contributed by atoms with E-state index in [-0.39, 0.29) is 12.3 Å². The van der Waals surface area contributed by atoms with E-state index in [1.165, 1.54) is 12.6 Å². The van der Waals surface area contributed by atoms with E-state index in [1.54, 1.807) is 0 Å². The molecule has 2 aromatic carbocycles. The molecule has 2 atom stereocenters. The average molecular weight is 385 g/mol. The third kappa shape index (κ3) is 3.23. The largest absolute Gasteiger partial charge is 0.358 e. The molecular formula is C22H22ClFN2O. The molecule has 3 nitrogen and oxygen atoms in total. The number of carbonyl (C=O) groups excluding carboxylic acids is 1. The van der Waals surface area contributed by atoms with Gasteiger partial charge in [-0.1, -0.05) is 41.9 Å². The van der Waals surface area contributed by atoms with Crippen LogP contribution in [0.2, 0.25) is 5.02 Å².